The lowest BCUT2D eigenvalue weighted by molar-refractivity contribution is -0.119. The maximum atomic E-state index is 10.8. The Bertz CT molecular complexity index is 464. The Morgan fingerprint density at radius 3 is 2.53 bits per heavy atom. The number of carbonyl (C=O) groups is 2. The van der Waals surface area contributed by atoms with Gasteiger partial charge in [-0.25, -0.2) is 0 Å². The summed E-state index contributed by atoms with van der Waals surface area (Å²) < 4.78 is 0. The van der Waals surface area contributed by atoms with Crippen LogP contribution in [0.5, 0.6) is 0 Å². The molecule has 0 saturated heterocycles. The minimum absolute atomic E-state index is 0.158. The van der Waals surface area contributed by atoms with Crippen molar-refractivity contribution in [2.24, 2.45) is 5.73 Å². The van der Waals surface area contributed by atoms with Gasteiger partial charge in [0, 0.05) is 25.5 Å². The number of nitrogens with one attached hydrogen (secondary N) is 1. The van der Waals surface area contributed by atoms with Crippen LogP contribution in [0.3, 0.4) is 0 Å². The highest BCUT2D eigenvalue weighted by Crippen LogP contribution is 2.14. The van der Waals surface area contributed by atoms with Crippen LogP contribution in [0.15, 0.2) is 42.5 Å². The molecule has 0 aliphatic carbocycles. The first-order valence-electron chi connectivity index (χ1n) is 4.94. The summed E-state index contributed by atoms with van der Waals surface area (Å²) in [6.07, 6.45) is 6.66. The molecule has 1 heterocycles. The molecule has 0 saturated carbocycles. The summed E-state index contributed by atoms with van der Waals surface area (Å²) in [6.45, 7) is 1.33. The zero-order valence-electron chi connectivity index (χ0n) is 9.38. The molecule has 0 aromatic carbocycles. The van der Waals surface area contributed by atoms with Crippen molar-refractivity contribution < 1.29 is 9.59 Å². The van der Waals surface area contributed by atoms with Gasteiger partial charge in [0.25, 0.3) is 0 Å². The van der Waals surface area contributed by atoms with Crippen LogP contribution in [0, 0.1) is 0 Å². The number of aldehydes is 1. The molecule has 1 rings (SSSR count). The highest BCUT2D eigenvalue weighted by molar-refractivity contribution is 5.88. The van der Waals surface area contributed by atoms with Crippen molar-refractivity contribution in [2.75, 3.05) is 0 Å². The van der Waals surface area contributed by atoms with Crippen molar-refractivity contribution in [3.8, 4) is 0 Å². The topological polar surface area (TPSA) is 85.1 Å². The van der Waals surface area contributed by atoms with Gasteiger partial charge in [0.05, 0.1) is 5.70 Å². The van der Waals surface area contributed by atoms with Crippen LogP contribution in [-0.2, 0) is 9.59 Å². The monoisotopic (exact) mass is 231 g/mol. The number of amides is 1. The third kappa shape index (κ3) is 3.90. The van der Waals surface area contributed by atoms with E-state index in [4.69, 9.17) is 5.73 Å². The molecule has 0 aliphatic heterocycles. The summed E-state index contributed by atoms with van der Waals surface area (Å²) in [5.41, 5.74) is 7.08. The molecule has 5 nitrogen and oxygen atoms in total. The molecule has 0 spiro atoms. The molecule has 1 aromatic heterocycles. The van der Waals surface area contributed by atoms with Crippen LogP contribution in [0.1, 0.15) is 12.5 Å². The molecule has 0 unspecified atom stereocenters. The molecule has 0 bridgehead atoms. The van der Waals surface area contributed by atoms with E-state index < -0.39 is 0 Å². The number of nitrogens with zero attached hydrogens (tertiary/aromatic N) is 1. The zero-order valence-corrected chi connectivity index (χ0v) is 9.38. The van der Waals surface area contributed by atoms with Crippen molar-refractivity contribution in [1.29, 1.82) is 0 Å². The molecule has 1 amide bonds. The van der Waals surface area contributed by atoms with Crippen LogP contribution in [0.25, 0.3) is 5.57 Å². The lowest BCUT2D eigenvalue weighted by Crippen LogP contribution is -2.20. The van der Waals surface area contributed by atoms with E-state index in [0.717, 1.165) is 5.56 Å². The molecule has 3 N–H and O–H groups in total. The van der Waals surface area contributed by atoms with E-state index >= 15 is 0 Å². The van der Waals surface area contributed by atoms with Gasteiger partial charge in [0.1, 0.15) is 0 Å². The second-order valence-corrected chi connectivity index (χ2v) is 3.26. The summed E-state index contributed by atoms with van der Waals surface area (Å²) >= 11 is 0. The van der Waals surface area contributed by atoms with Gasteiger partial charge >= 0.3 is 0 Å². The molecule has 88 valence electrons. The van der Waals surface area contributed by atoms with E-state index in [1.807, 2.05) is 0 Å². The van der Waals surface area contributed by atoms with Crippen molar-refractivity contribution in [1.82, 2.24) is 10.3 Å². The quantitative estimate of drug-likeness (QED) is 0.451. The molecular weight excluding hydrogens is 218 g/mol. The predicted octanol–water partition coefficient (Wildman–Crippen LogP) is 0.600. The van der Waals surface area contributed by atoms with E-state index in [-0.39, 0.29) is 11.6 Å². The third-order valence-corrected chi connectivity index (χ3v) is 1.95. The minimum atomic E-state index is -0.311. The van der Waals surface area contributed by atoms with Crippen LogP contribution in [0.2, 0.25) is 0 Å². The number of allylic oxidation sites excluding steroid dienone is 3. The first-order chi connectivity index (χ1) is 8.17. The summed E-state index contributed by atoms with van der Waals surface area (Å²) in [6, 6.07) is 3.51. The van der Waals surface area contributed by atoms with Gasteiger partial charge in [-0.1, -0.05) is 0 Å². The van der Waals surface area contributed by atoms with Crippen LogP contribution >= 0.6 is 0 Å². The Hall–Kier alpha value is -2.43. The van der Waals surface area contributed by atoms with Gasteiger partial charge in [-0.3, -0.25) is 14.6 Å². The van der Waals surface area contributed by atoms with Crippen LogP contribution in [0.4, 0.5) is 0 Å². The highest BCUT2D eigenvalue weighted by Gasteiger charge is 2.02. The van der Waals surface area contributed by atoms with Crippen molar-refractivity contribution >= 4 is 17.8 Å². The van der Waals surface area contributed by atoms with Crippen molar-refractivity contribution in [3.63, 3.8) is 0 Å². The summed E-state index contributed by atoms with van der Waals surface area (Å²) in [5, 5.41) is 2.41. The summed E-state index contributed by atoms with van der Waals surface area (Å²) in [4.78, 5) is 25.5. The Kier molecular flexibility index (Phi) is 4.62. The molecule has 1 aromatic rings. The van der Waals surface area contributed by atoms with Gasteiger partial charge in [-0.2, -0.15) is 0 Å². The van der Waals surface area contributed by atoms with Crippen molar-refractivity contribution in [3.05, 3.63) is 48.1 Å². The fourth-order valence-corrected chi connectivity index (χ4v) is 1.24. The maximum Gasteiger partial charge on any atom is 0.221 e. The molecule has 0 atom stereocenters. The predicted molar refractivity (Wildman–Crippen MR) is 64.4 cm³/mol. The fourth-order valence-electron chi connectivity index (χ4n) is 1.24. The number of rotatable bonds is 4. The second-order valence-electron chi connectivity index (χ2n) is 3.26. The summed E-state index contributed by atoms with van der Waals surface area (Å²) in [7, 11) is 0. The SMILES string of the molecule is CC(=O)N/C(C=O)=C/C(=C\N)c1ccncc1. The number of carbonyl (C=O) groups excluding carboxylic acids is 2. The Morgan fingerprint density at radius 2 is 2.06 bits per heavy atom. The van der Waals surface area contributed by atoms with Gasteiger partial charge in [0.2, 0.25) is 5.91 Å². The molecule has 17 heavy (non-hydrogen) atoms. The first-order valence-corrected chi connectivity index (χ1v) is 4.94. The second kappa shape index (κ2) is 6.22. The minimum Gasteiger partial charge on any atom is -0.404 e. The molecule has 0 fully saturated rings. The molecule has 0 radical (unpaired) electrons. The number of aromatic nitrogens is 1. The Labute approximate surface area is 99.0 Å². The average Bonchev–Trinajstić information content (AvgIpc) is 2.35. The van der Waals surface area contributed by atoms with E-state index in [1.54, 1.807) is 24.5 Å². The number of pyridine rings is 1. The van der Waals surface area contributed by atoms with Gasteiger partial charge in [-0.15, -0.1) is 0 Å². The van der Waals surface area contributed by atoms with Gasteiger partial charge in [0.15, 0.2) is 6.29 Å². The zero-order chi connectivity index (χ0) is 12.7. The van der Waals surface area contributed by atoms with Gasteiger partial charge < -0.3 is 11.1 Å². The molecular formula is C12H13N3O2. The lowest BCUT2D eigenvalue weighted by Gasteiger charge is -2.04. The molecule has 5 heteroatoms. The largest absolute Gasteiger partial charge is 0.404 e. The van der Waals surface area contributed by atoms with Crippen LogP contribution < -0.4 is 11.1 Å². The number of nitrogens with two attached hydrogens (primary N) is 1. The van der Waals surface area contributed by atoms with Gasteiger partial charge in [-0.05, 0) is 29.3 Å². The smallest absolute Gasteiger partial charge is 0.221 e. The lowest BCUT2D eigenvalue weighted by atomic mass is 10.1. The highest BCUT2D eigenvalue weighted by atomic mass is 16.2. The fraction of sp³-hybridized carbons (Fsp3) is 0.0833. The third-order valence-electron chi connectivity index (χ3n) is 1.95. The maximum absolute atomic E-state index is 10.8. The molecule has 0 aliphatic rings. The van der Waals surface area contributed by atoms with E-state index in [9.17, 15) is 9.59 Å². The normalized spacial score (nSPS) is 12.1. The Morgan fingerprint density at radius 1 is 1.41 bits per heavy atom. The number of hydrogen-bond acceptors (Lipinski definition) is 4. The Balaban J connectivity index is 3.00. The summed E-state index contributed by atoms with van der Waals surface area (Å²) in [5.74, 6) is -0.311. The van der Waals surface area contributed by atoms with E-state index in [0.29, 0.717) is 11.9 Å². The van der Waals surface area contributed by atoms with Crippen LogP contribution in [-0.4, -0.2) is 17.2 Å². The standard InChI is InChI=1S/C12H13N3O2/c1-9(17)15-12(8-16)6-11(7-13)10-2-4-14-5-3-10/h2-8H,13H2,1H3,(H,15,17)/b11-7+,12-6+. The first kappa shape index (κ1) is 12.6. The van der Waals surface area contributed by atoms with E-state index in [2.05, 4.69) is 10.3 Å². The van der Waals surface area contributed by atoms with E-state index in [1.165, 1.54) is 19.2 Å². The number of hydrogen-bond donors (Lipinski definition) is 2. The van der Waals surface area contributed by atoms with Crippen molar-refractivity contribution in [2.45, 2.75) is 6.92 Å². The average molecular weight is 231 g/mol.